The lowest BCUT2D eigenvalue weighted by atomic mass is 10.0. The molecule has 0 bridgehead atoms. The monoisotopic (exact) mass is 445 g/mol. The molecule has 3 heterocycles. The minimum atomic E-state index is -0.158. The van der Waals surface area contributed by atoms with Gasteiger partial charge in [0.15, 0.2) is 0 Å². The Balaban J connectivity index is 1.55. The van der Waals surface area contributed by atoms with Crippen LogP contribution in [0.5, 0.6) is 0 Å². The quantitative estimate of drug-likeness (QED) is 0.368. The number of nitrogens with zero attached hydrogens (tertiary/aromatic N) is 4. The minimum absolute atomic E-state index is 0.0659. The largest absolute Gasteiger partial charge is 0.324 e. The van der Waals surface area contributed by atoms with Crippen LogP contribution in [0.3, 0.4) is 0 Å². The lowest BCUT2D eigenvalue weighted by Gasteiger charge is -2.11. The van der Waals surface area contributed by atoms with Crippen molar-refractivity contribution in [3.63, 3.8) is 0 Å². The van der Waals surface area contributed by atoms with Crippen molar-refractivity contribution in [3.8, 4) is 33.8 Å². The summed E-state index contributed by atoms with van der Waals surface area (Å²) < 4.78 is 1.71. The molecule has 34 heavy (non-hydrogen) atoms. The normalized spacial score (nSPS) is 10.7. The Morgan fingerprint density at radius 2 is 1.62 bits per heavy atom. The first-order valence-corrected chi connectivity index (χ1v) is 11.0. The number of hydrogen-bond donors (Lipinski definition) is 1. The fourth-order valence-electron chi connectivity index (χ4n) is 3.88. The number of amides is 1. The van der Waals surface area contributed by atoms with E-state index in [1.165, 1.54) is 0 Å². The topological polar surface area (TPSA) is 72.7 Å². The van der Waals surface area contributed by atoms with Crippen LogP contribution < -0.4 is 5.32 Å². The minimum Gasteiger partial charge on any atom is -0.324 e. The molecule has 0 unspecified atom stereocenters. The molecule has 0 aliphatic rings. The van der Waals surface area contributed by atoms with Crippen molar-refractivity contribution in [3.05, 3.63) is 109 Å². The lowest BCUT2D eigenvalue weighted by molar-refractivity contribution is -0.116. The number of nitrogens with one attached hydrogen (secondary N) is 1. The SMILES string of the molecule is Cc1cccc(-c2c(-c3ccnc(-c4ccccc4)c3)cnn2CC(=O)Nc2ccccc2)n1. The predicted molar refractivity (Wildman–Crippen MR) is 134 cm³/mol. The summed E-state index contributed by atoms with van der Waals surface area (Å²) >= 11 is 0. The first-order chi connectivity index (χ1) is 16.7. The van der Waals surface area contributed by atoms with Crippen LogP contribution in [0, 0.1) is 6.92 Å². The van der Waals surface area contributed by atoms with Crippen LogP contribution >= 0.6 is 0 Å². The highest BCUT2D eigenvalue weighted by Gasteiger charge is 2.19. The van der Waals surface area contributed by atoms with Gasteiger partial charge >= 0.3 is 0 Å². The van der Waals surface area contributed by atoms with Crippen LogP contribution in [-0.4, -0.2) is 25.7 Å². The van der Waals surface area contributed by atoms with Gasteiger partial charge in [0.05, 0.1) is 23.3 Å². The summed E-state index contributed by atoms with van der Waals surface area (Å²) in [4.78, 5) is 22.1. The molecule has 0 aliphatic carbocycles. The number of benzene rings is 2. The number of carbonyl (C=O) groups excluding carboxylic acids is 1. The summed E-state index contributed by atoms with van der Waals surface area (Å²) in [5.74, 6) is -0.158. The number of aromatic nitrogens is 4. The van der Waals surface area contributed by atoms with Crippen molar-refractivity contribution in [1.82, 2.24) is 19.7 Å². The number of rotatable bonds is 6. The van der Waals surface area contributed by atoms with Gasteiger partial charge in [-0.1, -0.05) is 54.6 Å². The molecule has 2 aromatic carbocycles. The van der Waals surface area contributed by atoms with E-state index in [0.29, 0.717) is 0 Å². The van der Waals surface area contributed by atoms with Gasteiger partial charge in [-0.15, -0.1) is 0 Å². The highest BCUT2D eigenvalue weighted by molar-refractivity contribution is 5.91. The third kappa shape index (κ3) is 4.61. The van der Waals surface area contributed by atoms with Crippen LogP contribution in [0.25, 0.3) is 33.8 Å². The van der Waals surface area contributed by atoms with Gasteiger partial charge in [0.25, 0.3) is 0 Å². The van der Waals surface area contributed by atoms with Gasteiger partial charge in [-0.2, -0.15) is 5.10 Å². The third-order valence-corrected chi connectivity index (χ3v) is 5.46. The zero-order chi connectivity index (χ0) is 23.3. The zero-order valence-corrected chi connectivity index (χ0v) is 18.7. The van der Waals surface area contributed by atoms with Gasteiger partial charge in [0.2, 0.25) is 5.91 Å². The summed E-state index contributed by atoms with van der Waals surface area (Å²) in [5.41, 5.74) is 6.95. The van der Waals surface area contributed by atoms with E-state index in [4.69, 9.17) is 4.98 Å². The van der Waals surface area contributed by atoms with Crippen LogP contribution in [0.2, 0.25) is 0 Å². The molecule has 3 aromatic heterocycles. The summed E-state index contributed by atoms with van der Waals surface area (Å²) in [7, 11) is 0. The zero-order valence-electron chi connectivity index (χ0n) is 18.7. The van der Waals surface area contributed by atoms with Gasteiger partial charge in [-0.3, -0.25) is 19.4 Å². The van der Waals surface area contributed by atoms with Gasteiger partial charge in [0, 0.05) is 28.7 Å². The number of anilines is 1. The van der Waals surface area contributed by atoms with Crippen LogP contribution in [-0.2, 0) is 11.3 Å². The van der Waals surface area contributed by atoms with Gasteiger partial charge in [-0.25, -0.2) is 0 Å². The molecule has 0 saturated carbocycles. The first-order valence-electron chi connectivity index (χ1n) is 11.0. The molecule has 5 rings (SSSR count). The number of aryl methyl sites for hydroxylation is 1. The summed E-state index contributed by atoms with van der Waals surface area (Å²) in [5, 5.41) is 7.51. The lowest BCUT2D eigenvalue weighted by Crippen LogP contribution is -2.20. The highest BCUT2D eigenvalue weighted by Crippen LogP contribution is 2.33. The Labute approximate surface area is 198 Å². The summed E-state index contributed by atoms with van der Waals surface area (Å²) in [6, 6.07) is 29.3. The summed E-state index contributed by atoms with van der Waals surface area (Å²) in [6.07, 6.45) is 3.59. The fourth-order valence-corrected chi connectivity index (χ4v) is 3.88. The molecular weight excluding hydrogens is 422 g/mol. The Bertz CT molecular complexity index is 1430. The molecule has 0 saturated heterocycles. The average molecular weight is 446 g/mol. The fraction of sp³-hybridized carbons (Fsp3) is 0.0714. The second kappa shape index (κ2) is 9.50. The third-order valence-electron chi connectivity index (χ3n) is 5.46. The Hall–Kier alpha value is -4.58. The number of hydrogen-bond acceptors (Lipinski definition) is 4. The Kier molecular flexibility index (Phi) is 5.95. The van der Waals surface area contributed by atoms with Crippen molar-refractivity contribution >= 4 is 11.6 Å². The van der Waals surface area contributed by atoms with Crippen molar-refractivity contribution in [2.45, 2.75) is 13.5 Å². The van der Waals surface area contributed by atoms with E-state index >= 15 is 0 Å². The van der Waals surface area contributed by atoms with E-state index in [1.54, 1.807) is 17.1 Å². The Morgan fingerprint density at radius 3 is 2.38 bits per heavy atom. The predicted octanol–water partition coefficient (Wildman–Crippen LogP) is 5.62. The van der Waals surface area contributed by atoms with E-state index < -0.39 is 0 Å². The van der Waals surface area contributed by atoms with Crippen molar-refractivity contribution in [2.24, 2.45) is 0 Å². The van der Waals surface area contributed by atoms with Crippen LogP contribution in [0.4, 0.5) is 5.69 Å². The molecule has 0 radical (unpaired) electrons. The first kappa shape index (κ1) is 21.3. The van der Waals surface area contributed by atoms with Crippen molar-refractivity contribution in [1.29, 1.82) is 0 Å². The van der Waals surface area contributed by atoms with E-state index in [2.05, 4.69) is 15.4 Å². The number of carbonyl (C=O) groups is 1. The molecule has 1 amide bonds. The van der Waals surface area contributed by atoms with Crippen molar-refractivity contribution < 1.29 is 4.79 Å². The Morgan fingerprint density at radius 1 is 0.853 bits per heavy atom. The molecular formula is C28H23N5O. The van der Waals surface area contributed by atoms with Crippen molar-refractivity contribution in [2.75, 3.05) is 5.32 Å². The second-order valence-corrected chi connectivity index (χ2v) is 7.94. The van der Waals surface area contributed by atoms with Gasteiger partial charge in [-0.05, 0) is 48.9 Å². The average Bonchev–Trinajstić information content (AvgIpc) is 3.28. The molecule has 0 fully saturated rings. The van der Waals surface area contributed by atoms with Crippen LogP contribution in [0.15, 0.2) is 103 Å². The highest BCUT2D eigenvalue weighted by atomic mass is 16.2. The molecule has 1 N–H and O–H groups in total. The molecule has 0 aliphatic heterocycles. The molecule has 6 heteroatoms. The van der Waals surface area contributed by atoms with Gasteiger partial charge in [0.1, 0.15) is 6.54 Å². The van der Waals surface area contributed by atoms with Gasteiger partial charge < -0.3 is 5.32 Å². The summed E-state index contributed by atoms with van der Waals surface area (Å²) in [6.45, 7) is 2.02. The smallest absolute Gasteiger partial charge is 0.246 e. The molecule has 166 valence electrons. The molecule has 5 aromatic rings. The standard InChI is InChI=1S/C28H23N5O/c1-20-9-8-14-25(31-20)28-24(22-15-16-29-26(17-22)21-10-4-2-5-11-21)18-30-33(28)19-27(34)32-23-12-6-3-7-13-23/h2-18H,19H2,1H3,(H,32,34). The molecule has 0 atom stereocenters. The molecule has 0 spiro atoms. The van der Waals surface area contributed by atoms with E-state index in [0.717, 1.165) is 45.2 Å². The maximum atomic E-state index is 12.8. The number of pyridine rings is 2. The number of para-hydroxylation sites is 1. The maximum Gasteiger partial charge on any atom is 0.246 e. The van der Waals surface area contributed by atoms with E-state index in [9.17, 15) is 4.79 Å². The maximum absolute atomic E-state index is 12.8. The van der Waals surface area contributed by atoms with Crippen LogP contribution in [0.1, 0.15) is 5.69 Å². The second-order valence-electron chi connectivity index (χ2n) is 7.94. The van der Waals surface area contributed by atoms with E-state index in [-0.39, 0.29) is 12.5 Å². The molecule has 6 nitrogen and oxygen atoms in total. The van der Waals surface area contributed by atoms with E-state index in [1.807, 2.05) is 97.9 Å².